The van der Waals surface area contributed by atoms with Gasteiger partial charge in [-0.05, 0) is 37.6 Å². The van der Waals surface area contributed by atoms with Crippen molar-refractivity contribution in [1.29, 1.82) is 0 Å². The molecule has 0 unspecified atom stereocenters. The first kappa shape index (κ1) is 21.2. The number of nitrogens with zero attached hydrogens (tertiary/aromatic N) is 1. The van der Waals surface area contributed by atoms with Crippen LogP contribution in [-0.4, -0.2) is 61.1 Å². The summed E-state index contributed by atoms with van der Waals surface area (Å²) in [7, 11) is 0. The first-order valence-corrected chi connectivity index (χ1v) is 9.22. The molecule has 0 saturated carbocycles. The molecule has 0 spiro atoms. The van der Waals surface area contributed by atoms with Gasteiger partial charge in [0.05, 0.1) is 6.61 Å². The van der Waals surface area contributed by atoms with Crippen molar-refractivity contribution in [3.8, 4) is 5.75 Å². The van der Waals surface area contributed by atoms with E-state index in [4.69, 9.17) is 9.47 Å². The van der Waals surface area contributed by atoms with Gasteiger partial charge in [0.2, 0.25) is 0 Å². The van der Waals surface area contributed by atoms with Crippen molar-refractivity contribution in [1.82, 2.24) is 15.5 Å². The normalized spacial score (nSPS) is 14.2. The van der Waals surface area contributed by atoms with Crippen LogP contribution in [0, 0.1) is 0 Å². The van der Waals surface area contributed by atoms with Gasteiger partial charge >= 0.3 is 12.0 Å². The lowest BCUT2D eigenvalue weighted by atomic mass is 10.2. The molecule has 0 bridgehead atoms. The summed E-state index contributed by atoms with van der Waals surface area (Å²) in [6, 6.07) is 6.05. The van der Waals surface area contributed by atoms with Crippen LogP contribution in [0.5, 0.6) is 5.75 Å². The monoisotopic (exact) mass is 391 g/mol. The summed E-state index contributed by atoms with van der Waals surface area (Å²) in [6.07, 6.45) is 0.868. The maximum Gasteiger partial charge on any atom is 0.326 e. The van der Waals surface area contributed by atoms with Gasteiger partial charge in [-0.25, -0.2) is 4.79 Å². The summed E-state index contributed by atoms with van der Waals surface area (Å²) in [5.74, 6) is -1.15. The number of imide groups is 1. The van der Waals surface area contributed by atoms with Crippen LogP contribution in [0.25, 0.3) is 0 Å². The molecule has 1 fully saturated rings. The van der Waals surface area contributed by atoms with Crippen molar-refractivity contribution in [3.05, 3.63) is 29.8 Å². The standard InChI is InChI=1S/C19H25N3O6/c1-3-4-11-27-15-7-5-14(6-8-15)17(24)21-12-16(23)28-13(2)18(25)22-10-9-20-19(22)26/h5-8,13H,3-4,9-12H2,1-2H3,(H,20,26)(H,21,24)/t13-/m1/s1. The fourth-order valence-electron chi connectivity index (χ4n) is 2.48. The SMILES string of the molecule is CCCCOc1ccc(C(=O)NCC(=O)O[C@H](C)C(=O)N2CCNC2=O)cc1. The Morgan fingerprint density at radius 2 is 1.96 bits per heavy atom. The van der Waals surface area contributed by atoms with Gasteiger partial charge < -0.3 is 20.1 Å². The number of esters is 1. The minimum Gasteiger partial charge on any atom is -0.494 e. The Morgan fingerprint density at radius 1 is 1.25 bits per heavy atom. The zero-order chi connectivity index (χ0) is 20.5. The first-order valence-electron chi connectivity index (χ1n) is 9.22. The maximum absolute atomic E-state index is 12.1. The number of rotatable bonds is 9. The molecule has 1 atom stereocenters. The number of hydrogen-bond acceptors (Lipinski definition) is 6. The molecule has 1 heterocycles. The van der Waals surface area contributed by atoms with Crippen LogP contribution in [0.3, 0.4) is 0 Å². The van der Waals surface area contributed by atoms with Crippen molar-refractivity contribution < 1.29 is 28.7 Å². The number of benzene rings is 1. The summed E-state index contributed by atoms with van der Waals surface area (Å²) in [6.45, 7) is 4.27. The average Bonchev–Trinajstić information content (AvgIpc) is 3.12. The fraction of sp³-hybridized carbons (Fsp3) is 0.474. The van der Waals surface area contributed by atoms with E-state index < -0.39 is 36.5 Å². The number of urea groups is 1. The van der Waals surface area contributed by atoms with Gasteiger partial charge in [-0.2, -0.15) is 0 Å². The molecule has 1 aliphatic heterocycles. The van der Waals surface area contributed by atoms with Crippen molar-refractivity contribution in [3.63, 3.8) is 0 Å². The summed E-state index contributed by atoms with van der Waals surface area (Å²) >= 11 is 0. The Hall–Kier alpha value is -3.10. The highest BCUT2D eigenvalue weighted by molar-refractivity contribution is 5.99. The van der Waals surface area contributed by atoms with Crippen LogP contribution in [0.2, 0.25) is 0 Å². The Kier molecular flexibility index (Phi) is 7.79. The van der Waals surface area contributed by atoms with Crippen LogP contribution in [0.1, 0.15) is 37.0 Å². The van der Waals surface area contributed by atoms with Crippen molar-refractivity contribution in [2.75, 3.05) is 26.2 Å². The third-order valence-corrected chi connectivity index (χ3v) is 4.06. The molecule has 0 aromatic heterocycles. The highest BCUT2D eigenvalue weighted by Crippen LogP contribution is 2.12. The lowest BCUT2D eigenvalue weighted by molar-refractivity contribution is -0.156. The highest BCUT2D eigenvalue weighted by Gasteiger charge is 2.31. The Labute approximate surface area is 163 Å². The highest BCUT2D eigenvalue weighted by atomic mass is 16.5. The van der Waals surface area contributed by atoms with Crippen molar-refractivity contribution in [2.24, 2.45) is 0 Å². The van der Waals surface area contributed by atoms with E-state index in [1.807, 2.05) is 0 Å². The number of amides is 4. The largest absolute Gasteiger partial charge is 0.494 e. The topological polar surface area (TPSA) is 114 Å². The molecule has 1 aromatic rings. The van der Waals surface area contributed by atoms with Gasteiger partial charge in [0.1, 0.15) is 12.3 Å². The summed E-state index contributed by atoms with van der Waals surface area (Å²) in [4.78, 5) is 48.5. The van der Waals surface area contributed by atoms with E-state index in [1.165, 1.54) is 6.92 Å². The second-order valence-electron chi connectivity index (χ2n) is 6.26. The van der Waals surface area contributed by atoms with Crippen molar-refractivity contribution >= 4 is 23.8 Å². The molecule has 1 aliphatic rings. The average molecular weight is 391 g/mol. The molecule has 0 radical (unpaired) electrons. The fourth-order valence-corrected chi connectivity index (χ4v) is 2.48. The number of nitrogens with one attached hydrogen (secondary N) is 2. The van der Waals surface area contributed by atoms with Gasteiger partial charge in [-0.1, -0.05) is 13.3 Å². The predicted octanol–water partition coefficient (Wildman–Crippen LogP) is 1.08. The lowest BCUT2D eigenvalue weighted by Gasteiger charge is -2.18. The van der Waals surface area contributed by atoms with Gasteiger partial charge in [0.15, 0.2) is 6.10 Å². The van der Waals surface area contributed by atoms with E-state index in [0.717, 1.165) is 17.7 Å². The van der Waals surface area contributed by atoms with E-state index in [0.29, 0.717) is 24.5 Å². The van der Waals surface area contributed by atoms with Gasteiger partial charge in [-0.3, -0.25) is 19.3 Å². The third kappa shape index (κ3) is 5.97. The second-order valence-corrected chi connectivity index (χ2v) is 6.26. The van der Waals surface area contributed by atoms with E-state index in [9.17, 15) is 19.2 Å². The smallest absolute Gasteiger partial charge is 0.326 e. The molecular formula is C19H25N3O6. The molecule has 28 heavy (non-hydrogen) atoms. The Bertz CT molecular complexity index is 719. The summed E-state index contributed by atoms with van der Waals surface area (Å²) < 4.78 is 10.5. The summed E-state index contributed by atoms with van der Waals surface area (Å²) in [5, 5.41) is 4.93. The minimum absolute atomic E-state index is 0.231. The van der Waals surface area contributed by atoms with Crippen LogP contribution in [-0.2, 0) is 14.3 Å². The van der Waals surface area contributed by atoms with E-state index in [-0.39, 0.29) is 6.54 Å². The third-order valence-electron chi connectivity index (χ3n) is 4.06. The molecule has 2 N–H and O–H groups in total. The number of hydrogen-bond donors (Lipinski definition) is 2. The van der Waals surface area contributed by atoms with Gasteiger partial charge in [-0.15, -0.1) is 0 Å². The second kappa shape index (κ2) is 10.3. The molecule has 4 amide bonds. The maximum atomic E-state index is 12.1. The molecular weight excluding hydrogens is 366 g/mol. The van der Waals surface area contributed by atoms with Crippen LogP contribution < -0.4 is 15.4 Å². The Morgan fingerprint density at radius 3 is 2.57 bits per heavy atom. The van der Waals surface area contributed by atoms with E-state index in [1.54, 1.807) is 24.3 Å². The van der Waals surface area contributed by atoms with Gasteiger partial charge in [0.25, 0.3) is 11.8 Å². The summed E-state index contributed by atoms with van der Waals surface area (Å²) in [5.41, 5.74) is 0.369. The predicted molar refractivity (Wildman–Crippen MR) is 99.8 cm³/mol. The molecule has 152 valence electrons. The molecule has 9 nitrogen and oxygen atoms in total. The number of ether oxygens (including phenoxy) is 2. The molecule has 0 aliphatic carbocycles. The number of unbranched alkanes of at least 4 members (excludes halogenated alkanes) is 1. The number of carbonyl (C=O) groups is 4. The quantitative estimate of drug-likeness (QED) is 0.481. The minimum atomic E-state index is -1.12. The Balaban J connectivity index is 1.76. The molecule has 9 heteroatoms. The lowest BCUT2D eigenvalue weighted by Crippen LogP contribution is -2.43. The number of carbonyl (C=O) groups excluding carboxylic acids is 4. The molecule has 1 aromatic carbocycles. The van der Waals surface area contributed by atoms with Crippen molar-refractivity contribution in [2.45, 2.75) is 32.8 Å². The van der Waals surface area contributed by atoms with Gasteiger partial charge in [0, 0.05) is 18.7 Å². The van der Waals surface area contributed by atoms with E-state index >= 15 is 0 Å². The van der Waals surface area contributed by atoms with Crippen LogP contribution in [0.15, 0.2) is 24.3 Å². The van der Waals surface area contributed by atoms with Crippen LogP contribution >= 0.6 is 0 Å². The molecule has 2 rings (SSSR count). The zero-order valence-corrected chi connectivity index (χ0v) is 16.0. The van der Waals surface area contributed by atoms with E-state index in [2.05, 4.69) is 17.6 Å². The van der Waals surface area contributed by atoms with Crippen LogP contribution in [0.4, 0.5) is 4.79 Å². The first-order chi connectivity index (χ1) is 13.4. The molecule has 1 saturated heterocycles. The zero-order valence-electron chi connectivity index (χ0n) is 16.0.